The fourth-order valence-electron chi connectivity index (χ4n) is 1.39. The molecular formula is C14H11Br2N3O2. The van der Waals surface area contributed by atoms with Crippen LogP contribution >= 0.6 is 31.9 Å². The van der Waals surface area contributed by atoms with Crippen molar-refractivity contribution in [1.82, 2.24) is 10.4 Å². The number of aromatic nitrogens is 1. The number of amides is 1. The van der Waals surface area contributed by atoms with Crippen molar-refractivity contribution in [2.24, 2.45) is 5.10 Å². The molecule has 0 spiro atoms. The summed E-state index contributed by atoms with van der Waals surface area (Å²) in [5.74, 6) is 0.235. The molecule has 0 aliphatic heterocycles. The van der Waals surface area contributed by atoms with Crippen molar-refractivity contribution in [2.45, 2.75) is 0 Å². The van der Waals surface area contributed by atoms with Gasteiger partial charge in [-0.1, -0.05) is 22.0 Å². The van der Waals surface area contributed by atoms with Crippen LogP contribution in [0.3, 0.4) is 0 Å². The smallest absolute Gasteiger partial charge is 0.277 e. The van der Waals surface area contributed by atoms with Gasteiger partial charge in [0, 0.05) is 10.7 Å². The van der Waals surface area contributed by atoms with E-state index in [4.69, 9.17) is 4.74 Å². The normalized spacial score (nSPS) is 10.6. The van der Waals surface area contributed by atoms with Gasteiger partial charge in [0.1, 0.15) is 5.75 Å². The quantitative estimate of drug-likeness (QED) is 0.606. The summed E-state index contributed by atoms with van der Waals surface area (Å²) < 4.78 is 7.07. The van der Waals surface area contributed by atoms with Crippen LogP contribution in [0, 0.1) is 0 Å². The molecule has 0 radical (unpaired) electrons. The van der Waals surface area contributed by atoms with E-state index in [0.29, 0.717) is 11.4 Å². The van der Waals surface area contributed by atoms with E-state index in [1.54, 1.807) is 24.4 Å². The maximum atomic E-state index is 11.6. The van der Waals surface area contributed by atoms with Crippen molar-refractivity contribution in [3.05, 3.63) is 57.2 Å². The molecule has 5 nitrogen and oxygen atoms in total. The van der Waals surface area contributed by atoms with Gasteiger partial charge < -0.3 is 4.74 Å². The predicted octanol–water partition coefficient (Wildman–Crippen LogP) is 3.14. The molecular weight excluding hydrogens is 402 g/mol. The summed E-state index contributed by atoms with van der Waals surface area (Å²) in [5.41, 5.74) is 3.03. The highest BCUT2D eigenvalue weighted by Gasteiger charge is 2.05. The summed E-state index contributed by atoms with van der Waals surface area (Å²) in [5, 5.41) is 3.80. The first-order valence-electron chi connectivity index (χ1n) is 5.96. The average molecular weight is 413 g/mol. The van der Waals surface area contributed by atoms with Crippen LogP contribution in [-0.2, 0) is 4.79 Å². The molecule has 7 heteroatoms. The molecule has 0 saturated carbocycles. The van der Waals surface area contributed by atoms with E-state index in [-0.39, 0.29) is 12.5 Å². The van der Waals surface area contributed by atoms with Gasteiger partial charge in [-0.25, -0.2) is 5.43 Å². The van der Waals surface area contributed by atoms with Gasteiger partial charge in [-0.05, 0) is 46.3 Å². The topological polar surface area (TPSA) is 63.6 Å². The number of carbonyl (C=O) groups is 1. The van der Waals surface area contributed by atoms with Crippen molar-refractivity contribution < 1.29 is 9.53 Å². The third-order valence-corrected chi connectivity index (χ3v) is 3.44. The van der Waals surface area contributed by atoms with Crippen LogP contribution in [0.5, 0.6) is 5.75 Å². The Kier molecular flexibility index (Phi) is 5.89. The molecule has 21 heavy (non-hydrogen) atoms. The summed E-state index contributed by atoms with van der Waals surface area (Å²) >= 11 is 6.70. The zero-order chi connectivity index (χ0) is 15.1. The van der Waals surface area contributed by atoms with E-state index in [1.165, 1.54) is 6.21 Å². The van der Waals surface area contributed by atoms with E-state index < -0.39 is 0 Å². The van der Waals surface area contributed by atoms with Crippen LogP contribution in [-0.4, -0.2) is 23.7 Å². The minimum absolute atomic E-state index is 0.125. The number of rotatable bonds is 5. The lowest BCUT2D eigenvalue weighted by atomic mass is 10.3. The van der Waals surface area contributed by atoms with Gasteiger partial charge in [-0.3, -0.25) is 9.78 Å². The molecule has 1 aromatic carbocycles. The van der Waals surface area contributed by atoms with Gasteiger partial charge in [0.15, 0.2) is 6.61 Å². The Labute approximate surface area is 138 Å². The van der Waals surface area contributed by atoms with Crippen molar-refractivity contribution in [1.29, 1.82) is 0 Å². The minimum Gasteiger partial charge on any atom is -0.483 e. The molecule has 0 fully saturated rings. The first kappa shape index (κ1) is 15.7. The molecule has 0 atom stereocenters. The third kappa shape index (κ3) is 5.28. The number of hydrogen-bond acceptors (Lipinski definition) is 4. The first-order valence-corrected chi connectivity index (χ1v) is 7.54. The molecule has 1 amide bonds. The number of halogens is 2. The Morgan fingerprint density at radius 1 is 1.33 bits per heavy atom. The average Bonchev–Trinajstić information content (AvgIpc) is 2.47. The zero-order valence-corrected chi connectivity index (χ0v) is 14.0. The lowest BCUT2D eigenvalue weighted by molar-refractivity contribution is -0.123. The van der Waals surface area contributed by atoms with Gasteiger partial charge in [0.2, 0.25) is 0 Å². The number of ether oxygens (including phenoxy) is 1. The number of nitrogens with zero attached hydrogens (tertiary/aromatic N) is 2. The van der Waals surface area contributed by atoms with Gasteiger partial charge in [-0.2, -0.15) is 5.10 Å². The fraction of sp³-hybridized carbons (Fsp3) is 0.0714. The number of nitrogens with one attached hydrogen (secondary N) is 1. The van der Waals surface area contributed by atoms with E-state index in [0.717, 1.165) is 8.95 Å². The Morgan fingerprint density at radius 2 is 2.19 bits per heavy atom. The number of hydrazone groups is 1. The zero-order valence-electron chi connectivity index (χ0n) is 10.8. The lowest BCUT2D eigenvalue weighted by Gasteiger charge is -2.07. The molecule has 1 aromatic heterocycles. The molecule has 0 bridgehead atoms. The van der Waals surface area contributed by atoms with Crippen LogP contribution in [0.15, 0.2) is 56.6 Å². The Hall–Kier alpha value is -1.73. The molecule has 2 aromatic rings. The standard InChI is InChI=1S/C14H11Br2N3O2/c15-10-4-5-13(12(16)7-10)21-9-14(20)19-18-8-11-3-1-2-6-17-11/h1-8H,9H2,(H,19,20)/b18-8+. The summed E-state index contributed by atoms with van der Waals surface area (Å²) in [6, 6.07) is 10.9. The van der Waals surface area contributed by atoms with Crippen molar-refractivity contribution in [3.63, 3.8) is 0 Å². The molecule has 0 unspecified atom stereocenters. The third-order valence-electron chi connectivity index (χ3n) is 2.33. The second kappa shape index (κ2) is 7.90. The summed E-state index contributed by atoms with van der Waals surface area (Å²) in [6.45, 7) is -0.125. The molecule has 0 aliphatic rings. The van der Waals surface area contributed by atoms with E-state index in [9.17, 15) is 4.79 Å². The number of carbonyl (C=O) groups excluding carboxylic acids is 1. The molecule has 1 heterocycles. The van der Waals surface area contributed by atoms with Gasteiger partial charge in [0.05, 0.1) is 16.4 Å². The maximum Gasteiger partial charge on any atom is 0.277 e. The minimum atomic E-state index is -0.350. The highest BCUT2D eigenvalue weighted by molar-refractivity contribution is 9.11. The van der Waals surface area contributed by atoms with Crippen LogP contribution in [0.4, 0.5) is 0 Å². The van der Waals surface area contributed by atoms with E-state index >= 15 is 0 Å². The summed E-state index contributed by atoms with van der Waals surface area (Å²) in [6.07, 6.45) is 3.12. The Bertz CT molecular complexity index is 648. The SMILES string of the molecule is O=C(COc1ccc(Br)cc1Br)N/N=C/c1ccccn1. The highest BCUT2D eigenvalue weighted by Crippen LogP contribution is 2.27. The lowest BCUT2D eigenvalue weighted by Crippen LogP contribution is -2.24. The Balaban J connectivity index is 1.81. The monoisotopic (exact) mass is 411 g/mol. The number of benzene rings is 1. The molecule has 0 aliphatic carbocycles. The highest BCUT2D eigenvalue weighted by atomic mass is 79.9. The van der Waals surface area contributed by atoms with Gasteiger partial charge in [-0.15, -0.1) is 0 Å². The summed E-state index contributed by atoms with van der Waals surface area (Å²) in [4.78, 5) is 15.6. The second-order valence-electron chi connectivity index (χ2n) is 3.91. The Morgan fingerprint density at radius 3 is 2.90 bits per heavy atom. The first-order chi connectivity index (χ1) is 10.1. The van der Waals surface area contributed by atoms with Crippen molar-refractivity contribution in [2.75, 3.05) is 6.61 Å². The van der Waals surface area contributed by atoms with Gasteiger partial charge >= 0.3 is 0 Å². The molecule has 108 valence electrons. The van der Waals surface area contributed by atoms with Crippen LogP contribution in [0.1, 0.15) is 5.69 Å². The van der Waals surface area contributed by atoms with Crippen molar-refractivity contribution in [3.8, 4) is 5.75 Å². The summed E-state index contributed by atoms with van der Waals surface area (Å²) in [7, 11) is 0. The van der Waals surface area contributed by atoms with Crippen LogP contribution in [0.25, 0.3) is 0 Å². The fourth-order valence-corrected chi connectivity index (χ4v) is 2.55. The second-order valence-corrected chi connectivity index (χ2v) is 5.68. The molecule has 1 N–H and O–H groups in total. The van der Waals surface area contributed by atoms with Gasteiger partial charge in [0.25, 0.3) is 5.91 Å². The van der Waals surface area contributed by atoms with E-state index in [2.05, 4.69) is 47.4 Å². The number of hydrogen-bond donors (Lipinski definition) is 1. The molecule has 0 saturated heterocycles. The number of pyridine rings is 1. The maximum absolute atomic E-state index is 11.6. The predicted molar refractivity (Wildman–Crippen MR) is 87.3 cm³/mol. The largest absolute Gasteiger partial charge is 0.483 e. The van der Waals surface area contributed by atoms with Crippen molar-refractivity contribution >= 4 is 44.0 Å². The van der Waals surface area contributed by atoms with E-state index in [1.807, 2.05) is 18.2 Å². The van der Waals surface area contributed by atoms with Crippen LogP contribution < -0.4 is 10.2 Å². The van der Waals surface area contributed by atoms with Crippen LogP contribution in [0.2, 0.25) is 0 Å². The molecule has 2 rings (SSSR count).